The van der Waals surface area contributed by atoms with Crippen LogP contribution in [0.2, 0.25) is 0 Å². The summed E-state index contributed by atoms with van der Waals surface area (Å²) in [4.78, 5) is 14.6. The van der Waals surface area contributed by atoms with Gasteiger partial charge in [0, 0.05) is 12.2 Å². The molecule has 1 atom stereocenters. The Bertz CT molecular complexity index is 1200. The number of benzene rings is 1. The number of rotatable bonds is 5. The molecule has 3 aromatic rings. The topological polar surface area (TPSA) is 97.0 Å². The number of aromatic nitrogens is 3. The molecule has 5 rings (SSSR count). The van der Waals surface area contributed by atoms with Gasteiger partial charge in [-0.15, -0.1) is 0 Å². The number of nitrogens with one attached hydrogen (secondary N) is 1. The quantitative estimate of drug-likeness (QED) is 0.406. The minimum atomic E-state index is -1.35. The Balaban J connectivity index is 0.000000846. The maximum absolute atomic E-state index is 14.8. The van der Waals surface area contributed by atoms with Crippen molar-refractivity contribution in [1.29, 1.82) is 0 Å². The van der Waals surface area contributed by atoms with Crippen molar-refractivity contribution in [3.8, 4) is 11.3 Å². The van der Waals surface area contributed by atoms with Crippen LogP contribution >= 0.6 is 0 Å². The van der Waals surface area contributed by atoms with Crippen LogP contribution < -0.4 is 11.1 Å². The number of likely N-dealkylation sites (tertiary alicyclic amines) is 1. The number of hydrogen-bond donors (Lipinski definition) is 2. The third-order valence-corrected chi connectivity index (χ3v) is 6.85. The summed E-state index contributed by atoms with van der Waals surface area (Å²) in [7, 11) is 0. The third kappa shape index (κ3) is 6.18. The van der Waals surface area contributed by atoms with Crippen molar-refractivity contribution in [3.05, 3.63) is 54.2 Å². The molecule has 1 unspecified atom stereocenters. The van der Waals surface area contributed by atoms with Gasteiger partial charge >= 0.3 is 134 Å². The standard InChI is InChI=1S/C21H22F2N6.C3H5.O.Os/c1-12(24)15-3-6-25-20-16(15)9-13(10-17(20)22)19-18(23)11-26-21(28-19)27-14-4-7-29(2)8-5-14;1-2-3-1;;/h2-3,6,9-12,14H,4-5,7-8,24H2,1H3,(H,26,27,28);1H,2-3H2;;/q;-1;;. The smallest absolute Gasteiger partial charge is 0.333 e. The summed E-state index contributed by atoms with van der Waals surface area (Å²) in [6, 6.07) is 4.42. The van der Waals surface area contributed by atoms with Crippen LogP contribution in [0.25, 0.3) is 22.2 Å². The molecule has 0 amide bonds. The fourth-order valence-electron chi connectivity index (χ4n) is 3.78. The van der Waals surface area contributed by atoms with Gasteiger partial charge in [0.1, 0.15) is 5.52 Å². The zero-order chi connectivity index (χ0) is 24.1. The molecule has 3 heterocycles. The Labute approximate surface area is 204 Å². The monoisotopic (exact) mass is 645 g/mol. The predicted molar refractivity (Wildman–Crippen MR) is 124 cm³/mol. The number of pyridine rings is 1. The van der Waals surface area contributed by atoms with Gasteiger partial charge in [0.05, 0.1) is 0 Å². The molecule has 0 bridgehead atoms. The number of halogens is 2. The molecule has 2 aliphatic rings. The Morgan fingerprint density at radius 2 is 1.97 bits per heavy atom. The van der Waals surface area contributed by atoms with Gasteiger partial charge in [-0.25, -0.2) is 17.2 Å². The number of nitrogens with two attached hydrogens (primary N) is 1. The summed E-state index contributed by atoms with van der Waals surface area (Å²) in [6.45, 7) is 3.39. The van der Waals surface area contributed by atoms with E-state index in [1.54, 1.807) is 23.7 Å². The molecule has 182 valence electrons. The first kappa shape index (κ1) is 24.7. The van der Waals surface area contributed by atoms with Crippen LogP contribution in [-0.2, 0) is 20.4 Å². The summed E-state index contributed by atoms with van der Waals surface area (Å²) < 4.78 is 42.0. The van der Waals surface area contributed by atoms with Crippen molar-refractivity contribution in [2.24, 2.45) is 5.73 Å². The molecule has 3 N–H and O–H groups in total. The van der Waals surface area contributed by atoms with Gasteiger partial charge < -0.3 is 12.2 Å². The molecular formula is C24H27F2N6OOs-. The van der Waals surface area contributed by atoms with E-state index in [0.717, 1.165) is 37.7 Å². The number of anilines is 1. The van der Waals surface area contributed by atoms with E-state index in [9.17, 15) is 12.3 Å². The van der Waals surface area contributed by atoms with Crippen LogP contribution in [-0.4, -0.2) is 43.7 Å². The van der Waals surface area contributed by atoms with Crippen molar-refractivity contribution in [1.82, 2.24) is 19.9 Å². The minimum Gasteiger partial charge on any atom is -0.333 e. The van der Waals surface area contributed by atoms with Gasteiger partial charge in [0.2, 0.25) is 0 Å². The Morgan fingerprint density at radius 1 is 1.24 bits per heavy atom. The first-order chi connectivity index (χ1) is 16.5. The summed E-state index contributed by atoms with van der Waals surface area (Å²) >= 11 is -1.35. The molecule has 1 saturated carbocycles. The first-order valence-corrected chi connectivity index (χ1v) is 13.7. The van der Waals surface area contributed by atoms with E-state index in [2.05, 4.69) is 31.6 Å². The average Bonchev–Trinajstić information content (AvgIpc) is 3.71. The Morgan fingerprint density at radius 3 is 2.62 bits per heavy atom. The van der Waals surface area contributed by atoms with E-state index < -0.39 is 28.5 Å². The average molecular weight is 644 g/mol. The molecule has 0 spiro atoms. The molecular weight excluding hydrogens is 617 g/mol. The zero-order valence-electron chi connectivity index (χ0n) is 18.8. The molecule has 0 radical (unpaired) electrons. The van der Waals surface area contributed by atoms with Crippen molar-refractivity contribution >= 4 is 21.5 Å². The van der Waals surface area contributed by atoms with Gasteiger partial charge in [-0.1, -0.05) is 0 Å². The van der Waals surface area contributed by atoms with Crippen LogP contribution in [0.3, 0.4) is 0 Å². The van der Waals surface area contributed by atoms with E-state index in [1.165, 1.54) is 25.1 Å². The molecule has 34 heavy (non-hydrogen) atoms. The van der Waals surface area contributed by atoms with E-state index in [0.29, 0.717) is 10.9 Å². The SMILES string of the molecule is CC(N)c1ccnc2c(F)cc(-c3nc(NC4CCN([CH]=[Os]=[O])CC4)ncc3F)cc12.[CH-]1CC1. The second kappa shape index (κ2) is 11.3. The Hall–Kier alpha value is -2.40. The van der Waals surface area contributed by atoms with Crippen molar-refractivity contribution in [2.45, 2.75) is 44.7 Å². The van der Waals surface area contributed by atoms with Crippen molar-refractivity contribution in [2.75, 3.05) is 18.4 Å². The second-order valence-electron chi connectivity index (χ2n) is 8.43. The fourth-order valence-corrected chi connectivity index (χ4v) is 4.81. The summed E-state index contributed by atoms with van der Waals surface area (Å²) in [5.74, 6) is -0.912. The molecule has 7 nitrogen and oxygen atoms in total. The van der Waals surface area contributed by atoms with Gasteiger partial charge in [-0.2, -0.15) is 0 Å². The van der Waals surface area contributed by atoms with Gasteiger partial charge in [-0.05, 0) is 18.6 Å². The predicted octanol–water partition coefficient (Wildman–Crippen LogP) is 4.04. The number of hydrogen-bond acceptors (Lipinski definition) is 7. The number of piperidine rings is 1. The molecule has 1 aliphatic heterocycles. The molecule has 2 aromatic heterocycles. The van der Waals surface area contributed by atoms with Crippen LogP contribution in [0, 0.1) is 18.1 Å². The van der Waals surface area contributed by atoms with E-state index >= 15 is 0 Å². The Kier molecular flexibility index (Phi) is 8.25. The van der Waals surface area contributed by atoms with E-state index in [-0.39, 0.29) is 29.2 Å². The molecule has 1 saturated heterocycles. The van der Waals surface area contributed by atoms with Crippen LogP contribution in [0.1, 0.15) is 44.2 Å². The summed E-state index contributed by atoms with van der Waals surface area (Å²) in [5.41, 5.74) is 7.25. The van der Waals surface area contributed by atoms with Gasteiger partial charge in [0.15, 0.2) is 0 Å². The van der Waals surface area contributed by atoms with Gasteiger partial charge in [0.25, 0.3) is 0 Å². The fraction of sp³-hybridized carbons (Fsp3) is 0.375. The third-order valence-electron chi connectivity index (χ3n) is 5.66. The molecule has 1 aliphatic carbocycles. The molecule has 10 heteroatoms. The van der Waals surface area contributed by atoms with Crippen LogP contribution in [0.15, 0.2) is 30.6 Å². The minimum absolute atomic E-state index is 0.0147. The molecule has 1 aromatic carbocycles. The van der Waals surface area contributed by atoms with Gasteiger partial charge in [-0.3, -0.25) is 4.98 Å². The first-order valence-electron chi connectivity index (χ1n) is 11.2. The van der Waals surface area contributed by atoms with E-state index in [1.807, 2.05) is 0 Å². The maximum atomic E-state index is 14.8. The summed E-state index contributed by atoms with van der Waals surface area (Å²) in [5, 5.41) is 3.77. The number of nitrogens with zero attached hydrogens (tertiary/aromatic N) is 4. The van der Waals surface area contributed by atoms with E-state index in [4.69, 9.17) is 5.73 Å². The normalized spacial score (nSPS) is 17.1. The summed E-state index contributed by atoms with van der Waals surface area (Å²) in [6.07, 6.45) is 9.26. The van der Waals surface area contributed by atoms with Crippen molar-refractivity contribution < 1.29 is 29.2 Å². The molecule has 2 fully saturated rings. The second-order valence-corrected chi connectivity index (χ2v) is 9.68. The van der Waals surface area contributed by atoms with Crippen molar-refractivity contribution in [3.63, 3.8) is 0 Å². The zero-order valence-corrected chi connectivity index (χ0v) is 21.4. The number of fused-ring (bicyclic) bond motifs is 1. The van der Waals surface area contributed by atoms with Crippen LogP contribution in [0.5, 0.6) is 0 Å². The van der Waals surface area contributed by atoms with Crippen LogP contribution in [0.4, 0.5) is 14.7 Å².